The van der Waals surface area contributed by atoms with Gasteiger partial charge in [-0.25, -0.2) is 0 Å². The molecule has 2 amide bonds. The molecular weight excluding hydrogens is 350 g/mol. The summed E-state index contributed by atoms with van der Waals surface area (Å²) < 4.78 is 6.05. The van der Waals surface area contributed by atoms with E-state index in [1.165, 1.54) is 13.2 Å². The number of benzene rings is 1. The Labute approximate surface area is 136 Å². The van der Waals surface area contributed by atoms with Gasteiger partial charge in [0.15, 0.2) is 6.61 Å². The molecule has 114 valence electrons. The molecule has 2 rings (SSSR count). The fourth-order valence-electron chi connectivity index (χ4n) is 1.62. The van der Waals surface area contributed by atoms with Crippen LogP contribution in [-0.2, 0) is 4.79 Å². The van der Waals surface area contributed by atoms with Crippen LogP contribution in [0.3, 0.4) is 0 Å². The van der Waals surface area contributed by atoms with Crippen LogP contribution in [0.4, 0.5) is 5.69 Å². The number of pyridine rings is 1. The summed E-state index contributed by atoms with van der Waals surface area (Å²) in [4.78, 5) is 27.2. The normalized spacial score (nSPS) is 9.91. The number of likely N-dealkylation sites (N-methyl/N-ethyl adjacent to an activating group) is 1. The predicted octanol–water partition coefficient (Wildman–Crippen LogP) is 2.22. The van der Waals surface area contributed by atoms with Gasteiger partial charge < -0.3 is 15.4 Å². The van der Waals surface area contributed by atoms with Crippen LogP contribution in [0.15, 0.2) is 47.2 Å². The maximum Gasteiger partial charge on any atom is 0.257 e. The first-order chi connectivity index (χ1) is 10.6. The molecule has 0 saturated heterocycles. The Balaban J connectivity index is 2.03. The highest BCUT2D eigenvalue weighted by Gasteiger charge is 2.08. The number of rotatable bonds is 5. The molecule has 0 aliphatic rings. The van der Waals surface area contributed by atoms with E-state index in [0.29, 0.717) is 17.0 Å². The molecule has 22 heavy (non-hydrogen) atoms. The minimum Gasteiger partial charge on any atom is -0.484 e. The Kier molecular flexibility index (Phi) is 5.48. The zero-order valence-electron chi connectivity index (χ0n) is 11.8. The number of nitrogens with zero attached hydrogens (tertiary/aromatic N) is 1. The van der Waals surface area contributed by atoms with Crippen molar-refractivity contribution in [2.24, 2.45) is 0 Å². The lowest BCUT2D eigenvalue weighted by molar-refractivity contribution is -0.122. The zero-order valence-corrected chi connectivity index (χ0v) is 13.4. The molecular formula is C15H14BrN3O3. The molecule has 1 aromatic carbocycles. The largest absolute Gasteiger partial charge is 0.484 e. The van der Waals surface area contributed by atoms with Crippen molar-refractivity contribution in [3.8, 4) is 5.75 Å². The molecule has 1 aromatic heterocycles. The molecule has 2 N–H and O–H groups in total. The van der Waals surface area contributed by atoms with Gasteiger partial charge in [-0.2, -0.15) is 0 Å². The number of halogens is 1. The lowest BCUT2D eigenvalue weighted by Crippen LogP contribution is -2.24. The number of anilines is 1. The van der Waals surface area contributed by atoms with Gasteiger partial charge in [-0.3, -0.25) is 14.6 Å². The number of carbonyl (C=O) groups is 2. The highest BCUT2D eigenvalue weighted by molar-refractivity contribution is 9.10. The number of aromatic nitrogens is 1. The summed E-state index contributed by atoms with van der Waals surface area (Å²) in [5, 5.41) is 5.21. The van der Waals surface area contributed by atoms with E-state index in [1.54, 1.807) is 36.5 Å². The van der Waals surface area contributed by atoms with Gasteiger partial charge in [-0.1, -0.05) is 6.07 Å². The van der Waals surface area contributed by atoms with Gasteiger partial charge in [0.05, 0.1) is 5.56 Å². The van der Waals surface area contributed by atoms with Crippen molar-refractivity contribution in [2.75, 3.05) is 19.0 Å². The summed E-state index contributed by atoms with van der Waals surface area (Å²) in [5.41, 5.74) is 1.01. The number of nitrogens with one attached hydrogen (secondary N) is 2. The van der Waals surface area contributed by atoms with Crippen molar-refractivity contribution >= 4 is 33.4 Å². The number of ether oxygens (including phenoxy) is 1. The molecule has 7 heteroatoms. The molecule has 2 aromatic rings. The third-order valence-electron chi connectivity index (χ3n) is 2.71. The summed E-state index contributed by atoms with van der Waals surface area (Å²) in [6.07, 6.45) is 3.08. The van der Waals surface area contributed by atoms with E-state index >= 15 is 0 Å². The molecule has 0 saturated carbocycles. The van der Waals surface area contributed by atoms with Crippen molar-refractivity contribution in [1.82, 2.24) is 10.3 Å². The Morgan fingerprint density at radius 3 is 2.82 bits per heavy atom. The van der Waals surface area contributed by atoms with Crippen molar-refractivity contribution in [1.29, 1.82) is 0 Å². The van der Waals surface area contributed by atoms with Crippen molar-refractivity contribution in [3.63, 3.8) is 0 Å². The molecule has 0 aliphatic carbocycles. The molecule has 0 fully saturated rings. The number of hydrogen-bond acceptors (Lipinski definition) is 4. The van der Waals surface area contributed by atoms with Crippen molar-refractivity contribution < 1.29 is 14.3 Å². The lowest BCUT2D eigenvalue weighted by Gasteiger charge is -2.09. The number of hydrogen-bond donors (Lipinski definition) is 2. The van der Waals surface area contributed by atoms with E-state index in [0.717, 1.165) is 4.47 Å². The number of amides is 2. The van der Waals surface area contributed by atoms with Crippen LogP contribution in [0.1, 0.15) is 10.4 Å². The van der Waals surface area contributed by atoms with Crippen LogP contribution in [0.2, 0.25) is 0 Å². The van der Waals surface area contributed by atoms with Gasteiger partial charge in [-0.15, -0.1) is 0 Å². The Hall–Kier alpha value is -2.41. The molecule has 0 spiro atoms. The van der Waals surface area contributed by atoms with E-state index in [4.69, 9.17) is 4.74 Å². The second-order valence-corrected chi connectivity index (χ2v) is 5.25. The van der Waals surface area contributed by atoms with Crippen LogP contribution < -0.4 is 15.4 Å². The first-order valence-electron chi connectivity index (χ1n) is 6.44. The standard InChI is InChI=1S/C15H14BrN3O3/c1-17-14(20)9-22-13-4-2-3-12(6-13)19-15(21)10-5-11(16)8-18-7-10/h2-8H,9H2,1H3,(H,17,20)(H,19,21). The first kappa shape index (κ1) is 16.0. The zero-order chi connectivity index (χ0) is 15.9. The van der Waals surface area contributed by atoms with Crippen LogP contribution in [-0.4, -0.2) is 30.5 Å². The van der Waals surface area contributed by atoms with Crippen LogP contribution >= 0.6 is 15.9 Å². The molecule has 1 heterocycles. The predicted molar refractivity (Wildman–Crippen MR) is 85.9 cm³/mol. The minimum absolute atomic E-state index is 0.0799. The summed E-state index contributed by atoms with van der Waals surface area (Å²) in [5.74, 6) is -0.0133. The Morgan fingerprint density at radius 1 is 1.27 bits per heavy atom. The van der Waals surface area contributed by atoms with Gasteiger partial charge in [0.2, 0.25) is 0 Å². The van der Waals surface area contributed by atoms with Crippen LogP contribution in [0.25, 0.3) is 0 Å². The summed E-state index contributed by atoms with van der Waals surface area (Å²) in [7, 11) is 1.54. The van der Waals surface area contributed by atoms with Gasteiger partial charge in [0.25, 0.3) is 11.8 Å². The highest BCUT2D eigenvalue weighted by Crippen LogP contribution is 2.18. The van der Waals surface area contributed by atoms with Gasteiger partial charge in [-0.05, 0) is 34.1 Å². The molecule has 0 aliphatic heterocycles. The number of carbonyl (C=O) groups excluding carboxylic acids is 2. The van der Waals surface area contributed by atoms with Gasteiger partial charge in [0, 0.05) is 35.7 Å². The smallest absolute Gasteiger partial charge is 0.257 e. The van der Waals surface area contributed by atoms with Crippen molar-refractivity contribution in [3.05, 3.63) is 52.8 Å². The highest BCUT2D eigenvalue weighted by atomic mass is 79.9. The van der Waals surface area contributed by atoms with E-state index < -0.39 is 0 Å². The second kappa shape index (κ2) is 7.56. The minimum atomic E-state index is -0.280. The monoisotopic (exact) mass is 363 g/mol. The summed E-state index contributed by atoms with van der Waals surface area (Å²) in [6, 6.07) is 8.49. The summed E-state index contributed by atoms with van der Waals surface area (Å²) >= 11 is 3.27. The summed E-state index contributed by atoms with van der Waals surface area (Å²) in [6.45, 7) is -0.0799. The van der Waals surface area contributed by atoms with Crippen LogP contribution in [0, 0.1) is 0 Å². The maximum absolute atomic E-state index is 12.1. The first-order valence-corrected chi connectivity index (χ1v) is 7.23. The molecule has 0 bridgehead atoms. The van der Waals surface area contributed by atoms with Crippen molar-refractivity contribution in [2.45, 2.75) is 0 Å². The Bertz CT molecular complexity index is 691. The van der Waals surface area contributed by atoms with Gasteiger partial charge in [0.1, 0.15) is 5.75 Å². The van der Waals surface area contributed by atoms with Gasteiger partial charge >= 0.3 is 0 Å². The molecule has 0 atom stereocenters. The average molecular weight is 364 g/mol. The topological polar surface area (TPSA) is 80.3 Å². The van der Waals surface area contributed by atoms with E-state index in [1.807, 2.05) is 0 Å². The average Bonchev–Trinajstić information content (AvgIpc) is 2.53. The maximum atomic E-state index is 12.1. The fraction of sp³-hybridized carbons (Fsp3) is 0.133. The molecule has 6 nitrogen and oxygen atoms in total. The lowest BCUT2D eigenvalue weighted by atomic mass is 10.2. The second-order valence-electron chi connectivity index (χ2n) is 4.34. The SMILES string of the molecule is CNC(=O)COc1cccc(NC(=O)c2cncc(Br)c2)c1. The van der Waals surface area contributed by atoms with E-state index in [2.05, 4.69) is 31.5 Å². The molecule has 0 radical (unpaired) electrons. The van der Waals surface area contributed by atoms with E-state index in [-0.39, 0.29) is 18.4 Å². The third kappa shape index (κ3) is 4.56. The quantitative estimate of drug-likeness (QED) is 0.853. The third-order valence-corrected chi connectivity index (χ3v) is 3.14. The van der Waals surface area contributed by atoms with E-state index in [9.17, 15) is 9.59 Å². The Morgan fingerprint density at radius 2 is 2.09 bits per heavy atom. The molecule has 0 unspecified atom stereocenters. The van der Waals surface area contributed by atoms with Crippen LogP contribution in [0.5, 0.6) is 5.75 Å². The fourth-order valence-corrected chi connectivity index (χ4v) is 1.99.